The van der Waals surface area contributed by atoms with Gasteiger partial charge in [-0.2, -0.15) is 5.10 Å². The fourth-order valence-corrected chi connectivity index (χ4v) is 1.26. The lowest BCUT2D eigenvalue weighted by Crippen LogP contribution is -2.47. The first kappa shape index (κ1) is 12.5. The van der Waals surface area contributed by atoms with Gasteiger partial charge in [0.25, 0.3) is 0 Å². The highest BCUT2D eigenvalue weighted by atomic mass is 16.2. The van der Waals surface area contributed by atoms with Gasteiger partial charge in [-0.05, 0) is 33.3 Å². The van der Waals surface area contributed by atoms with Crippen LogP contribution in [0.25, 0.3) is 0 Å². The van der Waals surface area contributed by atoms with Crippen LogP contribution in [0.2, 0.25) is 0 Å². The first-order valence-corrected chi connectivity index (χ1v) is 5.42. The van der Waals surface area contributed by atoms with Crippen LogP contribution in [0.4, 0.5) is 4.79 Å². The quantitative estimate of drug-likeness (QED) is 0.812. The van der Waals surface area contributed by atoms with Gasteiger partial charge in [0.05, 0.1) is 12.7 Å². The molecule has 0 spiro atoms. The van der Waals surface area contributed by atoms with Crippen molar-refractivity contribution in [2.75, 3.05) is 6.54 Å². The van der Waals surface area contributed by atoms with Crippen molar-refractivity contribution in [2.45, 2.75) is 39.8 Å². The number of nitrogens with zero attached hydrogens (tertiary/aromatic N) is 2. The molecule has 5 heteroatoms. The van der Waals surface area contributed by atoms with Gasteiger partial charge in [0.2, 0.25) is 0 Å². The van der Waals surface area contributed by atoms with E-state index in [0.717, 1.165) is 5.56 Å². The van der Waals surface area contributed by atoms with Crippen LogP contribution in [-0.4, -0.2) is 27.9 Å². The second-order valence-electron chi connectivity index (χ2n) is 4.91. The Bertz CT molecular complexity index is 351. The number of hydrogen-bond acceptors (Lipinski definition) is 2. The third-order valence-corrected chi connectivity index (χ3v) is 1.88. The molecule has 1 heterocycles. The van der Waals surface area contributed by atoms with Crippen molar-refractivity contribution in [3.05, 3.63) is 18.0 Å². The summed E-state index contributed by atoms with van der Waals surface area (Å²) in [6, 6.07) is -0.142. The number of nitrogens with one attached hydrogen (secondary N) is 2. The zero-order valence-corrected chi connectivity index (χ0v) is 10.4. The summed E-state index contributed by atoms with van der Waals surface area (Å²) in [7, 11) is 0. The standard InChI is InChI=1S/C11H20N4O/c1-9-7-13-15(8-9)6-5-12-10(16)14-11(2,3)4/h7-8H,5-6H2,1-4H3,(H2,12,14,16). The third-order valence-electron chi connectivity index (χ3n) is 1.88. The molecule has 1 aromatic rings. The molecule has 16 heavy (non-hydrogen) atoms. The maximum atomic E-state index is 11.4. The lowest BCUT2D eigenvalue weighted by molar-refractivity contribution is 0.231. The van der Waals surface area contributed by atoms with Gasteiger partial charge >= 0.3 is 6.03 Å². The van der Waals surface area contributed by atoms with E-state index in [9.17, 15) is 4.79 Å². The monoisotopic (exact) mass is 224 g/mol. The molecule has 2 N–H and O–H groups in total. The van der Waals surface area contributed by atoms with E-state index in [1.54, 1.807) is 6.20 Å². The molecule has 0 saturated heterocycles. The van der Waals surface area contributed by atoms with Crippen LogP contribution < -0.4 is 10.6 Å². The minimum atomic E-state index is -0.202. The van der Waals surface area contributed by atoms with Crippen molar-refractivity contribution >= 4 is 6.03 Å². The number of rotatable bonds is 3. The molecule has 0 fully saturated rings. The molecule has 2 amide bonds. The topological polar surface area (TPSA) is 59.0 Å². The van der Waals surface area contributed by atoms with Crippen LogP contribution in [-0.2, 0) is 6.54 Å². The lowest BCUT2D eigenvalue weighted by Gasteiger charge is -2.20. The maximum Gasteiger partial charge on any atom is 0.315 e. The molecule has 1 rings (SSSR count). The van der Waals surface area contributed by atoms with Crippen LogP contribution in [0.3, 0.4) is 0 Å². The van der Waals surface area contributed by atoms with Gasteiger partial charge in [-0.15, -0.1) is 0 Å². The summed E-state index contributed by atoms with van der Waals surface area (Å²) >= 11 is 0. The van der Waals surface area contributed by atoms with E-state index in [0.29, 0.717) is 13.1 Å². The van der Waals surface area contributed by atoms with Gasteiger partial charge in [0.1, 0.15) is 0 Å². The Hall–Kier alpha value is -1.52. The molecule has 0 saturated carbocycles. The van der Waals surface area contributed by atoms with E-state index in [-0.39, 0.29) is 11.6 Å². The Morgan fingerprint density at radius 3 is 2.69 bits per heavy atom. The van der Waals surface area contributed by atoms with E-state index in [2.05, 4.69) is 15.7 Å². The Balaban J connectivity index is 2.23. The normalized spacial score (nSPS) is 11.2. The Kier molecular flexibility index (Phi) is 3.93. The van der Waals surface area contributed by atoms with Crippen LogP contribution in [0.15, 0.2) is 12.4 Å². The predicted octanol–water partition coefficient (Wildman–Crippen LogP) is 1.29. The summed E-state index contributed by atoms with van der Waals surface area (Å²) in [6.45, 7) is 9.09. The van der Waals surface area contributed by atoms with E-state index >= 15 is 0 Å². The summed E-state index contributed by atoms with van der Waals surface area (Å²) in [5.41, 5.74) is 0.922. The van der Waals surface area contributed by atoms with E-state index in [1.807, 2.05) is 38.6 Å². The molecule has 0 bridgehead atoms. The van der Waals surface area contributed by atoms with E-state index in [1.165, 1.54) is 0 Å². The second kappa shape index (κ2) is 5.01. The fourth-order valence-electron chi connectivity index (χ4n) is 1.26. The number of aromatic nitrogens is 2. The van der Waals surface area contributed by atoms with Gasteiger partial charge in [0.15, 0.2) is 0 Å². The van der Waals surface area contributed by atoms with Crippen molar-refractivity contribution in [3.8, 4) is 0 Å². The summed E-state index contributed by atoms with van der Waals surface area (Å²) in [5, 5.41) is 9.75. The SMILES string of the molecule is Cc1cnn(CCNC(=O)NC(C)(C)C)c1. The summed E-state index contributed by atoms with van der Waals surface area (Å²) in [5.74, 6) is 0. The number of carbonyl (C=O) groups excluding carboxylic acids is 1. The number of aryl methyl sites for hydroxylation is 1. The zero-order valence-electron chi connectivity index (χ0n) is 10.4. The van der Waals surface area contributed by atoms with Crippen LogP contribution in [0.1, 0.15) is 26.3 Å². The highest BCUT2D eigenvalue weighted by Gasteiger charge is 2.12. The largest absolute Gasteiger partial charge is 0.336 e. The maximum absolute atomic E-state index is 11.4. The van der Waals surface area contributed by atoms with E-state index in [4.69, 9.17) is 0 Å². The van der Waals surface area contributed by atoms with Gasteiger partial charge < -0.3 is 10.6 Å². The molecule has 0 unspecified atom stereocenters. The molecule has 1 aromatic heterocycles. The average molecular weight is 224 g/mol. The molecule has 90 valence electrons. The Labute approximate surface area is 96.2 Å². The van der Waals surface area contributed by atoms with E-state index < -0.39 is 0 Å². The van der Waals surface area contributed by atoms with Crippen molar-refractivity contribution < 1.29 is 4.79 Å². The molecule has 0 aliphatic rings. The number of urea groups is 1. The number of carbonyl (C=O) groups is 1. The van der Waals surface area contributed by atoms with Crippen LogP contribution >= 0.6 is 0 Å². The lowest BCUT2D eigenvalue weighted by atomic mass is 10.1. The summed E-state index contributed by atoms with van der Waals surface area (Å²) in [6.07, 6.45) is 3.75. The molecule has 0 aliphatic heterocycles. The van der Waals surface area contributed by atoms with Gasteiger partial charge in [-0.3, -0.25) is 4.68 Å². The third kappa shape index (κ3) is 4.82. The van der Waals surface area contributed by atoms with Crippen molar-refractivity contribution in [1.29, 1.82) is 0 Å². The Morgan fingerprint density at radius 2 is 2.19 bits per heavy atom. The van der Waals surface area contributed by atoms with Crippen molar-refractivity contribution in [1.82, 2.24) is 20.4 Å². The molecule has 5 nitrogen and oxygen atoms in total. The smallest absolute Gasteiger partial charge is 0.315 e. The summed E-state index contributed by atoms with van der Waals surface area (Å²) < 4.78 is 1.81. The van der Waals surface area contributed by atoms with Gasteiger partial charge in [-0.1, -0.05) is 0 Å². The highest BCUT2D eigenvalue weighted by molar-refractivity contribution is 5.74. The molecule has 0 radical (unpaired) electrons. The molecular weight excluding hydrogens is 204 g/mol. The minimum absolute atomic E-state index is 0.142. The second-order valence-corrected chi connectivity index (χ2v) is 4.91. The Morgan fingerprint density at radius 1 is 1.50 bits per heavy atom. The predicted molar refractivity (Wildman–Crippen MR) is 63.3 cm³/mol. The molecule has 0 atom stereocenters. The average Bonchev–Trinajstić information content (AvgIpc) is 2.48. The van der Waals surface area contributed by atoms with Crippen LogP contribution in [0.5, 0.6) is 0 Å². The van der Waals surface area contributed by atoms with Gasteiger partial charge in [-0.25, -0.2) is 4.79 Å². The molecular formula is C11H20N4O. The highest BCUT2D eigenvalue weighted by Crippen LogP contribution is 1.97. The number of amides is 2. The van der Waals surface area contributed by atoms with Gasteiger partial charge in [0, 0.05) is 18.3 Å². The van der Waals surface area contributed by atoms with Crippen LogP contribution in [0, 0.1) is 6.92 Å². The summed E-state index contributed by atoms with van der Waals surface area (Å²) in [4.78, 5) is 11.4. The zero-order chi connectivity index (χ0) is 12.2. The minimum Gasteiger partial charge on any atom is -0.336 e. The van der Waals surface area contributed by atoms with Crippen molar-refractivity contribution in [2.24, 2.45) is 0 Å². The molecule has 0 aromatic carbocycles. The molecule has 0 aliphatic carbocycles. The number of hydrogen-bond donors (Lipinski definition) is 2. The first-order valence-electron chi connectivity index (χ1n) is 5.42. The fraction of sp³-hybridized carbons (Fsp3) is 0.636. The van der Waals surface area contributed by atoms with Crippen molar-refractivity contribution in [3.63, 3.8) is 0 Å². The first-order chi connectivity index (χ1) is 7.37.